The van der Waals surface area contributed by atoms with Crippen molar-refractivity contribution >= 4 is 39.1 Å². The molecule has 2 N–H and O–H groups in total. The fourth-order valence-corrected chi connectivity index (χ4v) is 4.13. The van der Waals surface area contributed by atoms with Gasteiger partial charge < -0.3 is 10.6 Å². The number of primary amides is 1. The van der Waals surface area contributed by atoms with E-state index >= 15 is 0 Å². The van der Waals surface area contributed by atoms with Gasteiger partial charge in [0.15, 0.2) is 0 Å². The summed E-state index contributed by atoms with van der Waals surface area (Å²) in [5.74, 6) is -0.508. The third-order valence-corrected chi connectivity index (χ3v) is 5.96. The molecule has 1 heterocycles. The Balaban J connectivity index is 1.89. The van der Waals surface area contributed by atoms with Gasteiger partial charge in [-0.1, -0.05) is 11.6 Å². The molecule has 0 spiro atoms. The molecule has 1 aromatic rings. The predicted octanol–water partition coefficient (Wildman–Crippen LogP) is 1.61. The fraction of sp³-hybridized carbons (Fsp3) is 0.529. The third kappa shape index (κ3) is 5.60. The van der Waals surface area contributed by atoms with E-state index in [-0.39, 0.29) is 30.7 Å². The molecule has 26 heavy (non-hydrogen) atoms. The lowest BCUT2D eigenvalue weighted by molar-refractivity contribution is -0.134. The number of likely N-dealkylation sites (tertiary alicyclic amines) is 1. The number of halogens is 1. The smallest absolute Gasteiger partial charge is 0.232 e. The van der Waals surface area contributed by atoms with Gasteiger partial charge >= 0.3 is 0 Å². The van der Waals surface area contributed by atoms with E-state index in [1.807, 2.05) is 0 Å². The molecule has 1 saturated heterocycles. The van der Waals surface area contributed by atoms with Gasteiger partial charge in [-0.25, -0.2) is 8.42 Å². The molecular weight excluding hydrogens is 378 g/mol. The van der Waals surface area contributed by atoms with E-state index < -0.39 is 10.0 Å². The van der Waals surface area contributed by atoms with E-state index in [0.29, 0.717) is 43.1 Å². The van der Waals surface area contributed by atoms with Crippen LogP contribution in [0.3, 0.4) is 0 Å². The van der Waals surface area contributed by atoms with Gasteiger partial charge in [-0.3, -0.25) is 13.9 Å². The summed E-state index contributed by atoms with van der Waals surface area (Å²) in [5, 5.41) is 0.525. The number of amides is 2. The van der Waals surface area contributed by atoms with Crippen molar-refractivity contribution in [2.75, 3.05) is 30.2 Å². The van der Waals surface area contributed by atoms with E-state index in [9.17, 15) is 18.0 Å². The molecule has 0 unspecified atom stereocenters. The summed E-state index contributed by atoms with van der Waals surface area (Å²) >= 11 is 5.85. The van der Waals surface area contributed by atoms with Crippen molar-refractivity contribution < 1.29 is 18.0 Å². The SMILES string of the molecule is CS(=O)(=O)N(CCCC(=O)N1CCC(C(N)=O)CC1)c1ccc(Cl)cc1. The molecule has 9 heteroatoms. The Kier molecular flexibility index (Phi) is 6.88. The first kappa shape index (κ1) is 20.5. The lowest BCUT2D eigenvalue weighted by atomic mass is 9.96. The van der Waals surface area contributed by atoms with Crippen LogP contribution in [0.5, 0.6) is 0 Å². The van der Waals surface area contributed by atoms with Gasteiger partial charge in [0.1, 0.15) is 0 Å². The number of carbonyl (C=O) groups excluding carboxylic acids is 2. The van der Waals surface area contributed by atoms with Crippen molar-refractivity contribution in [2.24, 2.45) is 11.7 Å². The maximum absolute atomic E-state index is 12.3. The second-order valence-electron chi connectivity index (χ2n) is 6.47. The summed E-state index contributed by atoms with van der Waals surface area (Å²) in [6.45, 7) is 1.24. The molecule has 1 aliphatic rings. The highest BCUT2D eigenvalue weighted by molar-refractivity contribution is 7.92. The highest BCUT2D eigenvalue weighted by Crippen LogP contribution is 2.22. The number of rotatable bonds is 7. The van der Waals surface area contributed by atoms with Crippen LogP contribution in [0.2, 0.25) is 5.02 Å². The van der Waals surface area contributed by atoms with Crippen LogP contribution in [-0.4, -0.2) is 51.0 Å². The van der Waals surface area contributed by atoms with Crippen LogP contribution in [0.4, 0.5) is 5.69 Å². The quantitative estimate of drug-likeness (QED) is 0.749. The molecule has 144 valence electrons. The summed E-state index contributed by atoms with van der Waals surface area (Å²) in [7, 11) is -3.46. The molecule has 0 bridgehead atoms. The van der Waals surface area contributed by atoms with Gasteiger partial charge in [0, 0.05) is 37.0 Å². The van der Waals surface area contributed by atoms with Crippen LogP contribution in [0.15, 0.2) is 24.3 Å². The van der Waals surface area contributed by atoms with E-state index in [1.54, 1.807) is 29.2 Å². The number of anilines is 1. The van der Waals surface area contributed by atoms with E-state index in [1.165, 1.54) is 4.31 Å². The Hall–Kier alpha value is -1.80. The average Bonchev–Trinajstić information content (AvgIpc) is 2.58. The zero-order valence-electron chi connectivity index (χ0n) is 14.7. The van der Waals surface area contributed by atoms with Gasteiger partial charge in [0.05, 0.1) is 11.9 Å². The first-order valence-corrected chi connectivity index (χ1v) is 10.7. The van der Waals surface area contributed by atoms with Crippen molar-refractivity contribution in [3.63, 3.8) is 0 Å². The van der Waals surface area contributed by atoms with Crippen molar-refractivity contribution in [1.82, 2.24) is 4.90 Å². The molecule has 2 rings (SSSR count). The summed E-state index contributed by atoms with van der Waals surface area (Å²) in [6, 6.07) is 6.53. The summed E-state index contributed by atoms with van der Waals surface area (Å²) < 4.78 is 25.4. The van der Waals surface area contributed by atoms with Gasteiger partial charge in [0.25, 0.3) is 0 Å². The standard InChI is InChI=1S/C17H24ClN3O4S/c1-26(24,25)21(15-6-4-14(18)5-7-15)10-2-3-16(22)20-11-8-13(9-12-20)17(19)23/h4-7,13H,2-3,8-12H2,1H3,(H2,19,23). The Bertz CT molecular complexity index is 744. The van der Waals surface area contributed by atoms with Crippen molar-refractivity contribution in [2.45, 2.75) is 25.7 Å². The minimum absolute atomic E-state index is 0.0301. The van der Waals surface area contributed by atoms with E-state index in [0.717, 1.165) is 6.26 Å². The highest BCUT2D eigenvalue weighted by Gasteiger charge is 2.26. The van der Waals surface area contributed by atoms with Crippen LogP contribution < -0.4 is 10.0 Å². The van der Waals surface area contributed by atoms with E-state index in [4.69, 9.17) is 17.3 Å². The second kappa shape index (κ2) is 8.73. The first-order valence-electron chi connectivity index (χ1n) is 8.49. The molecule has 1 aliphatic heterocycles. The van der Waals surface area contributed by atoms with Gasteiger partial charge in [-0.2, -0.15) is 0 Å². The first-order chi connectivity index (χ1) is 12.2. The highest BCUT2D eigenvalue weighted by atomic mass is 35.5. The van der Waals surface area contributed by atoms with E-state index in [2.05, 4.69) is 0 Å². The average molecular weight is 402 g/mol. The number of hydrogen-bond donors (Lipinski definition) is 1. The summed E-state index contributed by atoms with van der Waals surface area (Å²) in [6.07, 6.45) is 2.96. The summed E-state index contributed by atoms with van der Waals surface area (Å²) in [5.41, 5.74) is 5.81. The number of sulfonamides is 1. The third-order valence-electron chi connectivity index (χ3n) is 4.52. The molecule has 1 fully saturated rings. The van der Waals surface area contributed by atoms with Crippen LogP contribution in [0.1, 0.15) is 25.7 Å². The number of nitrogens with two attached hydrogens (primary N) is 1. The number of benzene rings is 1. The maximum Gasteiger partial charge on any atom is 0.232 e. The normalized spacial score (nSPS) is 15.7. The number of hydrogen-bond acceptors (Lipinski definition) is 4. The molecule has 0 saturated carbocycles. The van der Waals surface area contributed by atoms with Crippen molar-refractivity contribution in [3.05, 3.63) is 29.3 Å². The number of piperidine rings is 1. The zero-order chi connectivity index (χ0) is 19.3. The van der Waals surface area contributed by atoms with Crippen LogP contribution in [0, 0.1) is 5.92 Å². The molecule has 1 aromatic carbocycles. The fourth-order valence-electron chi connectivity index (χ4n) is 3.04. The minimum Gasteiger partial charge on any atom is -0.369 e. The molecule has 0 radical (unpaired) electrons. The Morgan fingerprint density at radius 2 is 1.81 bits per heavy atom. The molecule has 7 nitrogen and oxygen atoms in total. The lowest BCUT2D eigenvalue weighted by Gasteiger charge is -2.31. The predicted molar refractivity (Wildman–Crippen MR) is 101 cm³/mol. The van der Waals surface area contributed by atoms with Gasteiger partial charge in [0.2, 0.25) is 21.8 Å². The van der Waals surface area contributed by atoms with Gasteiger partial charge in [-0.15, -0.1) is 0 Å². The zero-order valence-corrected chi connectivity index (χ0v) is 16.3. The Labute approximate surface area is 159 Å². The topological polar surface area (TPSA) is 101 Å². The van der Waals surface area contributed by atoms with Crippen molar-refractivity contribution in [1.29, 1.82) is 0 Å². The van der Waals surface area contributed by atoms with Crippen LogP contribution >= 0.6 is 11.6 Å². The molecule has 0 aliphatic carbocycles. The van der Waals surface area contributed by atoms with Crippen LogP contribution in [-0.2, 0) is 19.6 Å². The largest absolute Gasteiger partial charge is 0.369 e. The van der Waals surface area contributed by atoms with Crippen molar-refractivity contribution in [3.8, 4) is 0 Å². The Morgan fingerprint density at radius 3 is 2.31 bits per heavy atom. The van der Waals surface area contributed by atoms with Crippen LogP contribution in [0.25, 0.3) is 0 Å². The molecule has 0 atom stereocenters. The minimum atomic E-state index is -3.46. The number of nitrogens with zero attached hydrogens (tertiary/aromatic N) is 2. The second-order valence-corrected chi connectivity index (χ2v) is 8.82. The summed E-state index contributed by atoms with van der Waals surface area (Å²) in [4.78, 5) is 25.2. The monoisotopic (exact) mass is 401 g/mol. The Morgan fingerprint density at radius 1 is 1.23 bits per heavy atom. The molecular formula is C17H24ClN3O4S. The molecule has 0 aromatic heterocycles. The lowest BCUT2D eigenvalue weighted by Crippen LogP contribution is -2.42. The maximum atomic E-state index is 12.3. The molecule has 2 amide bonds. The number of carbonyl (C=O) groups is 2. The van der Waals surface area contributed by atoms with Gasteiger partial charge in [-0.05, 0) is 43.5 Å².